The Bertz CT molecular complexity index is 331. The molecule has 3 fully saturated rings. The smallest absolute Gasteiger partial charge is 0.243 e. The second-order valence-electron chi connectivity index (χ2n) is 5.13. The highest BCUT2D eigenvalue weighted by Crippen LogP contribution is 2.49. The summed E-state index contributed by atoms with van der Waals surface area (Å²) in [6.45, 7) is 1.62. The van der Waals surface area contributed by atoms with E-state index in [2.05, 4.69) is 4.90 Å². The highest BCUT2D eigenvalue weighted by atomic mass is 16.2. The molecule has 0 bridgehead atoms. The molecule has 1 amide bonds. The summed E-state index contributed by atoms with van der Waals surface area (Å²) in [4.78, 5) is 27.3. The van der Waals surface area contributed by atoms with Gasteiger partial charge < -0.3 is 9.69 Å². The highest BCUT2D eigenvalue weighted by molar-refractivity contribution is 5.93. The standard InChI is InChI=1S/C11H16N2O2/c1-12-6-7-13(10(8-14)2-3-10)9(15)11(12)4-5-11/h8H,2-7H2,1H3. The van der Waals surface area contributed by atoms with Crippen molar-refractivity contribution in [2.24, 2.45) is 0 Å². The van der Waals surface area contributed by atoms with Crippen LogP contribution in [0.5, 0.6) is 0 Å². The van der Waals surface area contributed by atoms with Gasteiger partial charge in [-0.1, -0.05) is 0 Å². The first-order valence-electron chi connectivity index (χ1n) is 5.64. The van der Waals surface area contributed by atoms with Crippen LogP contribution in [0.15, 0.2) is 0 Å². The van der Waals surface area contributed by atoms with Gasteiger partial charge in [-0.05, 0) is 32.7 Å². The van der Waals surface area contributed by atoms with Crippen molar-refractivity contribution in [2.45, 2.75) is 36.8 Å². The fourth-order valence-electron chi connectivity index (χ4n) is 2.70. The van der Waals surface area contributed by atoms with Crippen molar-refractivity contribution in [1.82, 2.24) is 9.80 Å². The number of rotatable bonds is 2. The third kappa shape index (κ3) is 1.06. The summed E-state index contributed by atoms with van der Waals surface area (Å²) in [6.07, 6.45) is 4.64. The second-order valence-corrected chi connectivity index (χ2v) is 5.13. The molecular formula is C11H16N2O2. The van der Waals surface area contributed by atoms with E-state index in [-0.39, 0.29) is 11.4 Å². The molecule has 0 aromatic carbocycles. The van der Waals surface area contributed by atoms with Crippen LogP contribution in [0.25, 0.3) is 0 Å². The molecule has 1 heterocycles. The molecule has 0 atom stereocenters. The maximum Gasteiger partial charge on any atom is 0.243 e. The molecule has 2 saturated carbocycles. The Balaban J connectivity index is 1.87. The van der Waals surface area contributed by atoms with E-state index in [1.165, 1.54) is 0 Å². The van der Waals surface area contributed by atoms with Crippen LogP contribution in [0.1, 0.15) is 25.7 Å². The Morgan fingerprint density at radius 3 is 2.33 bits per heavy atom. The average Bonchev–Trinajstić information content (AvgIpc) is 3.12. The molecule has 0 unspecified atom stereocenters. The zero-order chi connectivity index (χ0) is 10.7. The van der Waals surface area contributed by atoms with Crippen LogP contribution in [0, 0.1) is 0 Å². The van der Waals surface area contributed by atoms with E-state index >= 15 is 0 Å². The molecule has 82 valence electrons. The number of amides is 1. The summed E-state index contributed by atoms with van der Waals surface area (Å²) in [5.41, 5.74) is -0.634. The first-order chi connectivity index (χ1) is 7.15. The van der Waals surface area contributed by atoms with E-state index in [1.807, 2.05) is 11.9 Å². The third-order valence-corrected chi connectivity index (χ3v) is 4.28. The summed E-state index contributed by atoms with van der Waals surface area (Å²) in [5, 5.41) is 0. The number of piperazine rings is 1. The van der Waals surface area contributed by atoms with Crippen molar-refractivity contribution in [3.63, 3.8) is 0 Å². The van der Waals surface area contributed by atoms with E-state index in [1.54, 1.807) is 0 Å². The fraction of sp³-hybridized carbons (Fsp3) is 0.818. The first kappa shape index (κ1) is 9.33. The van der Waals surface area contributed by atoms with Gasteiger partial charge in [0, 0.05) is 13.1 Å². The SMILES string of the molecule is CN1CCN(C2(C=O)CC2)C(=O)C12CC2. The quantitative estimate of drug-likeness (QED) is 0.601. The monoisotopic (exact) mass is 208 g/mol. The van der Waals surface area contributed by atoms with Crippen LogP contribution >= 0.6 is 0 Å². The van der Waals surface area contributed by atoms with Gasteiger partial charge in [0.15, 0.2) is 0 Å². The predicted molar refractivity (Wildman–Crippen MR) is 54.3 cm³/mol. The second kappa shape index (κ2) is 2.61. The number of nitrogens with zero attached hydrogens (tertiary/aromatic N) is 2. The first-order valence-corrected chi connectivity index (χ1v) is 5.64. The lowest BCUT2D eigenvalue weighted by Gasteiger charge is -2.41. The van der Waals surface area contributed by atoms with Crippen molar-refractivity contribution in [1.29, 1.82) is 0 Å². The lowest BCUT2D eigenvalue weighted by Crippen LogP contribution is -2.61. The number of likely N-dealkylation sites (N-methyl/N-ethyl adjacent to an activating group) is 1. The largest absolute Gasteiger partial charge is 0.327 e. The minimum atomic E-state index is -0.409. The van der Waals surface area contributed by atoms with Gasteiger partial charge in [0.2, 0.25) is 5.91 Å². The molecular weight excluding hydrogens is 192 g/mol. The molecule has 0 N–H and O–H groups in total. The molecule has 3 aliphatic rings. The van der Waals surface area contributed by atoms with Crippen LogP contribution in [0.3, 0.4) is 0 Å². The summed E-state index contributed by atoms with van der Waals surface area (Å²) in [7, 11) is 2.02. The van der Waals surface area contributed by atoms with Gasteiger partial charge in [-0.15, -0.1) is 0 Å². The van der Waals surface area contributed by atoms with Crippen LogP contribution in [-0.2, 0) is 9.59 Å². The normalized spacial score (nSPS) is 31.8. The minimum Gasteiger partial charge on any atom is -0.327 e. The molecule has 0 aromatic rings. The van der Waals surface area contributed by atoms with Crippen molar-refractivity contribution >= 4 is 12.2 Å². The Hall–Kier alpha value is -0.900. The topological polar surface area (TPSA) is 40.6 Å². The van der Waals surface area contributed by atoms with E-state index in [0.29, 0.717) is 0 Å². The summed E-state index contributed by atoms with van der Waals surface area (Å²) < 4.78 is 0. The molecule has 0 aromatic heterocycles. The fourth-order valence-corrected chi connectivity index (χ4v) is 2.70. The van der Waals surface area contributed by atoms with Crippen molar-refractivity contribution in [3.05, 3.63) is 0 Å². The number of carbonyl (C=O) groups excluding carboxylic acids is 2. The zero-order valence-corrected chi connectivity index (χ0v) is 9.03. The van der Waals surface area contributed by atoms with Crippen LogP contribution in [0.4, 0.5) is 0 Å². The molecule has 2 aliphatic carbocycles. The summed E-state index contributed by atoms with van der Waals surface area (Å²) >= 11 is 0. The van der Waals surface area contributed by atoms with Crippen molar-refractivity contribution < 1.29 is 9.59 Å². The van der Waals surface area contributed by atoms with Gasteiger partial charge in [0.25, 0.3) is 0 Å². The van der Waals surface area contributed by atoms with E-state index in [9.17, 15) is 9.59 Å². The molecule has 0 radical (unpaired) electrons. The highest BCUT2D eigenvalue weighted by Gasteiger charge is 2.62. The van der Waals surface area contributed by atoms with Gasteiger partial charge in [-0.2, -0.15) is 0 Å². The molecule has 3 rings (SSSR count). The number of hydrogen-bond acceptors (Lipinski definition) is 3. The number of aldehydes is 1. The van der Waals surface area contributed by atoms with Gasteiger partial charge in [-0.3, -0.25) is 9.69 Å². The maximum atomic E-state index is 12.3. The van der Waals surface area contributed by atoms with Gasteiger partial charge in [0.05, 0.1) is 5.54 Å². The molecule has 4 nitrogen and oxygen atoms in total. The zero-order valence-electron chi connectivity index (χ0n) is 9.03. The average molecular weight is 208 g/mol. The Kier molecular flexibility index (Phi) is 1.63. The van der Waals surface area contributed by atoms with Crippen LogP contribution in [0.2, 0.25) is 0 Å². The Labute approximate surface area is 89.2 Å². The molecule has 1 spiro atoms. The van der Waals surface area contributed by atoms with Crippen LogP contribution in [-0.4, -0.2) is 53.2 Å². The lowest BCUT2D eigenvalue weighted by atomic mass is 10.1. The maximum absolute atomic E-state index is 12.3. The van der Waals surface area contributed by atoms with E-state index in [0.717, 1.165) is 45.1 Å². The predicted octanol–water partition coefficient (Wildman–Crippen LogP) is 0.0245. The minimum absolute atomic E-state index is 0.195. The molecule has 1 aliphatic heterocycles. The summed E-state index contributed by atoms with van der Waals surface area (Å²) in [5.74, 6) is 0.195. The molecule has 15 heavy (non-hydrogen) atoms. The number of hydrogen-bond donors (Lipinski definition) is 0. The van der Waals surface area contributed by atoms with E-state index in [4.69, 9.17) is 0 Å². The Morgan fingerprint density at radius 1 is 1.20 bits per heavy atom. The van der Waals surface area contributed by atoms with Crippen LogP contribution < -0.4 is 0 Å². The van der Waals surface area contributed by atoms with Crippen molar-refractivity contribution in [3.8, 4) is 0 Å². The van der Waals surface area contributed by atoms with Gasteiger partial charge >= 0.3 is 0 Å². The number of carbonyl (C=O) groups is 2. The van der Waals surface area contributed by atoms with E-state index < -0.39 is 5.54 Å². The molecule has 1 saturated heterocycles. The van der Waals surface area contributed by atoms with Crippen molar-refractivity contribution in [2.75, 3.05) is 20.1 Å². The Morgan fingerprint density at radius 2 is 1.87 bits per heavy atom. The summed E-state index contributed by atoms with van der Waals surface area (Å²) in [6, 6.07) is 0. The molecule has 4 heteroatoms. The van der Waals surface area contributed by atoms with Gasteiger partial charge in [-0.25, -0.2) is 0 Å². The van der Waals surface area contributed by atoms with Gasteiger partial charge in [0.1, 0.15) is 11.8 Å². The third-order valence-electron chi connectivity index (χ3n) is 4.28. The lowest BCUT2D eigenvalue weighted by molar-refractivity contribution is -0.148.